The van der Waals surface area contributed by atoms with Gasteiger partial charge in [0.2, 0.25) is 0 Å². The fourth-order valence-electron chi connectivity index (χ4n) is 2.61. The van der Waals surface area contributed by atoms with Crippen molar-refractivity contribution in [2.24, 2.45) is 0 Å². The van der Waals surface area contributed by atoms with Gasteiger partial charge < -0.3 is 4.98 Å². The van der Waals surface area contributed by atoms with E-state index in [1.807, 2.05) is 10.6 Å². The van der Waals surface area contributed by atoms with Crippen LogP contribution in [0, 0.1) is 6.92 Å². The third-order valence-electron chi connectivity index (χ3n) is 3.47. The predicted octanol–water partition coefficient (Wildman–Crippen LogP) is 2.15. The molecule has 78 valence electrons. The number of rotatable bonds is 0. The number of aromatic amines is 1. The lowest BCUT2D eigenvalue weighted by Gasteiger charge is -2.22. The molecule has 0 bridgehead atoms. The summed E-state index contributed by atoms with van der Waals surface area (Å²) in [7, 11) is 0. The molecule has 3 nitrogen and oxygen atoms in total. The molecular weight excluding hydrogens is 188 g/mol. The van der Waals surface area contributed by atoms with Gasteiger partial charge in [0.15, 0.2) is 0 Å². The Morgan fingerprint density at radius 1 is 1.47 bits per heavy atom. The van der Waals surface area contributed by atoms with Crippen LogP contribution in [0.15, 0.2) is 16.9 Å². The van der Waals surface area contributed by atoms with Crippen molar-refractivity contribution in [2.75, 3.05) is 0 Å². The van der Waals surface area contributed by atoms with Gasteiger partial charge in [-0.1, -0.05) is 6.07 Å². The molecule has 15 heavy (non-hydrogen) atoms. The molecule has 2 aromatic rings. The molecule has 1 aliphatic heterocycles. The van der Waals surface area contributed by atoms with Crippen LogP contribution in [-0.4, -0.2) is 9.55 Å². The lowest BCUT2D eigenvalue weighted by atomic mass is 9.96. The maximum Gasteiger partial charge on any atom is 0.326 e. The van der Waals surface area contributed by atoms with E-state index >= 15 is 0 Å². The molecule has 1 atom stereocenters. The minimum Gasteiger partial charge on any atom is -0.306 e. The number of hydrogen-bond acceptors (Lipinski definition) is 1. The summed E-state index contributed by atoms with van der Waals surface area (Å²) in [5.74, 6) is 0. The number of nitrogens with one attached hydrogen (secondary N) is 1. The molecule has 0 spiro atoms. The number of nitrogens with zero attached hydrogens (tertiary/aromatic N) is 1. The topological polar surface area (TPSA) is 37.8 Å². The highest BCUT2D eigenvalue weighted by Crippen LogP contribution is 2.30. The van der Waals surface area contributed by atoms with Crippen LogP contribution >= 0.6 is 0 Å². The first-order valence-electron chi connectivity index (χ1n) is 5.41. The monoisotopic (exact) mass is 202 g/mol. The molecule has 0 saturated carbocycles. The van der Waals surface area contributed by atoms with Gasteiger partial charge in [-0.15, -0.1) is 0 Å². The maximum atomic E-state index is 11.8. The highest BCUT2D eigenvalue weighted by Gasteiger charge is 2.21. The summed E-state index contributed by atoms with van der Waals surface area (Å²) < 4.78 is 1.90. The Morgan fingerprint density at radius 3 is 3.07 bits per heavy atom. The van der Waals surface area contributed by atoms with Gasteiger partial charge in [0, 0.05) is 6.04 Å². The zero-order valence-electron chi connectivity index (χ0n) is 9.00. The normalized spacial score (nSPS) is 19.7. The van der Waals surface area contributed by atoms with Crippen molar-refractivity contribution in [3.63, 3.8) is 0 Å². The van der Waals surface area contributed by atoms with Crippen LogP contribution in [0.5, 0.6) is 0 Å². The van der Waals surface area contributed by atoms with Gasteiger partial charge in [-0.3, -0.25) is 4.57 Å². The molecule has 3 heteroatoms. The van der Waals surface area contributed by atoms with Crippen molar-refractivity contribution in [1.29, 1.82) is 0 Å². The van der Waals surface area contributed by atoms with Crippen LogP contribution in [0.25, 0.3) is 11.0 Å². The highest BCUT2D eigenvalue weighted by molar-refractivity contribution is 5.81. The van der Waals surface area contributed by atoms with E-state index in [1.54, 1.807) is 0 Å². The summed E-state index contributed by atoms with van der Waals surface area (Å²) in [6, 6.07) is 4.42. The van der Waals surface area contributed by atoms with E-state index in [2.05, 4.69) is 24.9 Å². The predicted molar refractivity (Wildman–Crippen MR) is 60.3 cm³/mol. The van der Waals surface area contributed by atoms with Crippen LogP contribution in [0.1, 0.15) is 30.5 Å². The van der Waals surface area contributed by atoms with Crippen molar-refractivity contribution in [3.05, 3.63) is 33.7 Å². The summed E-state index contributed by atoms with van der Waals surface area (Å²) >= 11 is 0. The summed E-state index contributed by atoms with van der Waals surface area (Å²) in [6.45, 7) is 4.23. The first-order chi connectivity index (χ1) is 7.18. The van der Waals surface area contributed by atoms with Gasteiger partial charge in [-0.05, 0) is 43.9 Å². The van der Waals surface area contributed by atoms with E-state index in [4.69, 9.17) is 0 Å². The van der Waals surface area contributed by atoms with Crippen LogP contribution in [0.4, 0.5) is 0 Å². The van der Waals surface area contributed by atoms with Gasteiger partial charge in [0.1, 0.15) is 0 Å². The number of benzene rings is 1. The Hall–Kier alpha value is -1.51. The van der Waals surface area contributed by atoms with E-state index in [0.717, 1.165) is 23.9 Å². The minimum absolute atomic E-state index is 0.0315. The standard InChI is InChI=1S/C12H14N2O/c1-7-3-6-10-11-9(7)5-4-8(2)14(11)12(15)13-10/h3,6,8H,4-5H2,1-2H3,(H,13,15). The Balaban J connectivity index is 2.55. The summed E-state index contributed by atoms with van der Waals surface area (Å²) in [6.07, 6.45) is 2.15. The van der Waals surface area contributed by atoms with E-state index in [1.165, 1.54) is 11.1 Å². The minimum atomic E-state index is 0.0315. The third-order valence-corrected chi connectivity index (χ3v) is 3.47. The average molecular weight is 202 g/mol. The average Bonchev–Trinajstić information content (AvgIpc) is 2.54. The van der Waals surface area contributed by atoms with Crippen molar-refractivity contribution in [2.45, 2.75) is 32.7 Å². The van der Waals surface area contributed by atoms with E-state index in [-0.39, 0.29) is 5.69 Å². The van der Waals surface area contributed by atoms with Crippen LogP contribution in [-0.2, 0) is 6.42 Å². The highest BCUT2D eigenvalue weighted by atomic mass is 16.1. The Labute approximate surface area is 87.7 Å². The molecule has 0 aliphatic carbocycles. The smallest absolute Gasteiger partial charge is 0.306 e. The fraction of sp³-hybridized carbons (Fsp3) is 0.417. The van der Waals surface area contributed by atoms with Gasteiger partial charge in [0.25, 0.3) is 0 Å². The van der Waals surface area contributed by atoms with Crippen molar-refractivity contribution in [1.82, 2.24) is 9.55 Å². The maximum absolute atomic E-state index is 11.8. The molecule has 1 aromatic heterocycles. The third kappa shape index (κ3) is 1.03. The van der Waals surface area contributed by atoms with E-state index in [0.29, 0.717) is 6.04 Å². The number of H-pyrrole nitrogens is 1. The first-order valence-corrected chi connectivity index (χ1v) is 5.41. The number of aryl methyl sites for hydroxylation is 2. The van der Waals surface area contributed by atoms with Gasteiger partial charge in [-0.25, -0.2) is 4.79 Å². The van der Waals surface area contributed by atoms with Crippen LogP contribution in [0.3, 0.4) is 0 Å². The largest absolute Gasteiger partial charge is 0.326 e. The summed E-state index contributed by atoms with van der Waals surface area (Å²) in [4.78, 5) is 14.7. The summed E-state index contributed by atoms with van der Waals surface area (Å²) in [5.41, 5.74) is 4.76. The molecule has 0 amide bonds. The van der Waals surface area contributed by atoms with Gasteiger partial charge >= 0.3 is 5.69 Å². The van der Waals surface area contributed by atoms with Gasteiger partial charge in [-0.2, -0.15) is 0 Å². The zero-order chi connectivity index (χ0) is 10.6. The van der Waals surface area contributed by atoms with E-state index < -0.39 is 0 Å². The molecule has 0 radical (unpaired) electrons. The van der Waals surface area contributed by atoms with Crippen LogP contribution in [0.2, 0.25) is 0 Å². The Morgan fingerprint density at radius 2 is 2.27 bits per heavy atom. The first kappa shape index (κ1) is 8.77. The molecule has 1 unspecified atom stereocenters. The van der Waals surface area contributed by atoms with Gasteiger partial charge in [0.05, 0.1) is 11.0 Å². The molecule has 1 N–H and O–H groups in total. The quantitative estimate of drug-likeness (QED) is 0.698. The number of aromatic nitrogens is 2. The van der Waals surface area contributed by atoms with Crippen molar-refractivity contribution >= 4 is 11.0 Å². The van der Waals surface area contributed by atoms with Crippen LogP contribution < -0.4 is 5.69 Å². The Kier molecular flexibility index (Phi) is 1.61. The van der Waals surface area contributed by atoms with E-state index in [9.17, 15) is 4.79 Å². The number of imidazole rings is 1. The van der Waals surface area contributed by atoms with Crippen molar-refractivity contribution in [3.8, 4) is 0 Å². The molecule has 2 heterocycles. The molecule has 1 aliphatic rings. The van der Waals surface area contributed by atoms with Crippen molar-refractivity contribution < 1.29 is 0 Å². The lowest BCUT2D eigenvalue weighted by Crippen LogP contribution is -2.24. The Bertz CT molecular complexity index is 591. The molecule has 3 rings (SSSR count). The second kappa shape index (κ2) is 2.75. The molecule has 0 fully saturated rings. The SMILES string of the molecule is Cc1ccc2[nH]c(=O)n3c2c1CCC3C. The fourth-order valence-corrected chi connectivity index (χ4v) is 2.61. The lowest BCUT2D eigenvalue weighted by molar-refractivity contribution is 0.488. The number of hydrogen-bond donors (Lipinski definition) is 1. The second-order valence-corrected chi connectivity index (χ2v) is 4.45. The molecule has 0 saturated heterocycles. The molecular formula is C12H14N2O. The second-order valence-electron chi connectivity index (χ2n) is 4.45. The summed E-state index contributed by atoms with van der Waals surface area (Å²) in [5, 5.41) is 0. The zero-order valence-corrected chi connectivity index (χ0v) is 9.00. The molecule has 1 aromatic carbocycles.